The van der Waals surface area contributed by atoms with Gasteiger partial charge < -0.3 is 5.32 Å². The van der Waals surface area contributed by atoms with Crippen LogP contribution in [0.3, 0.4) is 0 Å². The van der Waals surface area contributed by atoms with E-state index in [0.29, 0.717) is 4.88 Å². The first-order valence-corrected chi connectivity index (χ1v) is 9.20. The molecule has 25 heavy (non-hydrogen) atoms. The first kappa shape index (κ1) is 15.8. The number of hydrogen-bond acceptors (Lipinski definition) is 2. The van der Waals surface area contributed by atoms with Crippen molar-refractivity contribution >= 4 is 44.1 Å². The van der Waals surface area contributed by atoms with E-state index in [1.54, 1.807) is 0 Å². The number of anilines is 1. The predicted molar refractivity (Wildman–Crippen MR) is 104 cm³/mol. The highest BCUT2D eigenvalue weighted by molar-refractivity contribution is 7.20. The molecular weight excluding hydrogens is 328 g/mol. The number of aryl methyl sites for hydroxylation is 2. The molecule has 1 amide bonds. The van der Waals surface area contributed by atoms with Crippen molar-refractivity contribution in [2.45, 2.75) is 20.3 Å². The zero-order valence-corrected chi connectivity index (χ0v) is 15.0. The van der Waals surface area contributed by atoms with E-state index in [2.05, 4.69) is 48.4 Å². The van der Waals surface area contributed by atoms with Crippen molar-refractivity contribution in [1.29, 1.82) is 0 Å². The van der Waals surface area contributed by atoms with Gasteiger partial charge in [-0.15, -0.1) is 0 Å². The van der Waals surface area contributed by atoms with Gasteiger partial charge in [0, 0.05) is 17.1 Å². The van der Waals surface area contributed by atoms with E-state index < -0.39 is 0 Å². The maximum absolute atomic E-state index is 12.6. The second-order valence-electron chi connectivity index (χ2n) is 6.26. The summed E-state index contributed by atoms with van der Waals surface area (Å²) in [5.74, 6) is -0.0703. The van der Waals surface area contributed by atoms with Crippen LogP contribution in [0.5, 0.6) is 0 Å². The van der Waals surface area contributed by atoms with E-state index in [4.69, 9.17) is 0 Å². The topological polar surface area (TPSA) is 43.2 Å². The highest BCUT2D eigenvalue weighted by atomic mass is 32.1. The molecule has 4 heteroatoms. The summed E-state index contributed by atoms with van der Waals surface area (Å²) in [5.41, 5.74) is 4.39. The summed E-state index contributed by atoms with van der Waals surface area (Å²) in [4.78, 5) is 17.7. The lowest BCUT2D eigenvalue weighted by atomic mass is 10.1. The quantitative estimate of drug-likeness (QED) is 0.557. The van der Waals surface area contributed by atoms with Gasteiger partial charge >= 0.3 is 0 Å². The number of fused-ring (bicyclic) bond motifs is 2. The summed E-state index contributed by atoms with van der Waals surface area (Å²) in [5, 5.41) is 5.19. The monoisotopic (exact) mass is 347 g/mol. The average molecular weight is 347 g/mol. The largest absolute Gasteiger partial charge is 0.321 e. The Hall–Kier alpha value is -2.72. The Morgan fingerprint density at radius 3 is 2.60 bits per heavy atom. The molecule has 4 aromatic rings. The van der Waals surface area contributed by atoms with Crippen LogP contribution in [-0.2, 0) is 6.42 Å². The Kier molecular flexibility index (Phi) is 3.98. The van der Waals surface area contributed by atoms with Crippen molar-refractivity contribution < 1.29 is 9.78 Å². The lowest BCUT2D eigenvalue weighted by molar-refractivity contribution is -0.307. The molecule has 3 nitrogen and oxygen atoms in total. The summed E-state index contributed by atoms with van der Waals surface area (Å²) in [7, 11) is 0. The first-order valence-electron chi connectivity index (χ1n) is 8.39. The molecular formula is C21H19N2OS+. The molecule has 0 aliphatic rings. The number of carbonyl (C=O) groups excluding carboxylic acids is 1. The number of aromatic nitrogens is 1. The lowest BCUT2D eigenvalue weighted by Gasteiger charge is -2.04. The van der Waals surface area contributed by atoms with Crippen molar-refractivity contribution in [2.24, 2.45) is 0 Å². The fourth-order valence-corrected chi connectivity index (χ4v) is 3.88. The fraction of sp³-hybridized carbons (Fsp3) is 0.143. The van der Waals surface area contributed by atoms with Crippen LogP contribution in [0.2, 0.25) is 0 Å². The van der Waals surface area contributed by atoms with Crippen LogP contribution in [0.1, 0.15) is 27.7 Å². The molecule has 2 heterocycles. The third-order valence-corrected chi connectivity index (χ3v) is 5.44. The van der Waals surface area contributed by atoms with Crippen molar-refractivity contribution in [3.05, 3.63) is 70.6 Å². The SMILES string of the molecule is CCc1ccc(NC(=O)c2cc3cc4ccc(C)cc4[nH+]c3s2)cc1. The minimum atomic E-state index is -0.0703. The minimum absolute atomic E-state index is 0.0703. The van der Waals surface area contributed by atoms with E-state index in [0.717, 1.165) is 33.2 Å². The van der Waals surface area contributed by atoms with Gasteiger partial charge in [-0.2, -0.15) is 4.98 Å². The third kappa shape index (κ3) is 3.13. The van der Waals surface area contributed by atoms with E-state index in [9.17, 15) is 4.79 Å². The van der Waals surface area contributed by atoms with Crippen molar-refractivity contribution in [3.8, 4) is 0 Å². The van der Waals surface area contributed by atoms with Crippen LogP contribution in [0.15, 0.2) is 54.6 Å². The summed E-state index contributed by atoms with van der Waals surface area (Å²) >= 11 is 1.49. The normalized spacial score (nSPS) is 11.1. The maximum atomic E-state index is 12.6. The zero-order chi connectivity index (χ0) is 17.4. The predicted octanol–water partition coefficient (Wildman–Crippen LogP) is 4.99. The highest BCUT2D eigenvalue weighted by Gasteiger charge is 2.15. The fourth-order valence-electron chi connectivity index (χ4n) is 2.93. The molecule has 0 saturated carbocycles. The van der Waals surface area contributed by atoms with Gasteiger partial charge in [0.2, 0.25) is 5.52 Å². The van der Waals surface area contributed by atoms with Crippen LogP contribution < -0.4 is 10.3 Å². The summed E-state index contributed by atoms with van der Waals surface area (Å²) < 4.78 is 0. The van der Waals surface area contributed by atoms with Crippen molar-refractivity contribution in [2.75, 3.05) is 5.32 Å². The standard InChI is InChI=1S/C21H18N2OS/c1-3-14-5-8-17(9-6-14)22-20(24)19-12-16-11-15-7-4-13(2)10-18(15)23-21(16)25-19/h4-12H,3H2,1-2H3,(H,22,24)/p+1. The van der Waals surface area contributed by atoms with Gasteiger partial charge in [-0.05, 0) is 54.8 Å². The van der Waals surface area contributed by atoms with Crippen LogP contribution in [0, 0.1) is 6.92 Å². The number of carbonyl (C=O) groups is 1. The van der Waals surface area contributed by atoms with Gasteiger partial charge in [0.1, 0.15) is 0 Å². The Balaban J connectivity index is 1.65. The third-order valence-electron chi connectivity index (χ3n) is 4.37. The molecule has 0 atom stereocenters. The molecule has 0 spiro atoms. The van der Waals surface area contributed by atoms with Gasteiger partial charge in [0.15, 0.2) is 0 Å². The Morgan fingerprint density at radius 1 is 1.04 bits per heavy atom. The van der Waals surface area contributed by atoms with Gasteiger partial charge in [0.25, 0.3) is 10.7 Å². The zero-order valence-electron chi connectivity index (χ0n) is 14.2. The van der Waals surface area contributed by atoms with Crippen LogP contribution in [0.4, 0.5) is 5.69 Å². The molecule has 0 aliphatic carbocycles. The number of thiophene rings is 1. The molecule has 124 valence electrons. The number of benzene rings is 2. The molecule has 0 bridgehead atoms. The van der Waals surface area contributed by atoms with Crippen LogP contribution in [0.25, 0.3) is 21.1 Å². The molecule has 0 radical (unpaired) electrons. The summed E-state index contributed by atoms with van der Waals surface area (Å²) in [6.45, 7) is 4.20. The molecule has 2 aromatic heterocycles. The van der Waals surface area contributed by atoms with Gasteiger partial charge in [-0.3, -0.25) is 4.79 Å². The van der Waals surface area contributed by atoms with Gasteiger partial charge in [-0.25, -0.2) is 0 Å². The van der Waals surface area contributed by atoms with Crippen LogP contribution >= 0.6 is 11.3 Å². The average Bonchev–Trinajstić information content (AvgIpc) is 3.03. The number of nitrogens with one attached hydrogen (secondary N) is 2. The summed E-state index contributed by atoms with van der Waals surface area (Å²) in [6.07, 6.45) is 0.993. The minimum Gasteiger partial charge on any atom is -0.321 e. The molecule has 0 aliphatic heterocycles. The smallest absolute Gasteiger partial charge is 0.268 e. The number of rotatable bonds is 3. The first-order chi connectivity index (χ1) is 12.1. The lowest BCUT2D eigenvalue weighted by Crippen LogP contribution is -2.09. The number of H-pyrrole nitrogens is 1. The second kappa shape index (κ2) is 6.30. The van der Waals surface area contributed by atoms with Gasteiger partial charge in [0.05, 0.1) is 10.3 Å². The van der Waals surface area contributed by atoms with Crippen LogP contribution in [-0.4, -0.2) is 5.91 Å². The number of aromatic amines is 1. The van der Waals surface area contributed by atoms with Gasteiger partial charge in [-0.1, -0.05) is 36.5 Å². The number of amides is 1. The Labute approximate surface area is 150 Å². The van der Waals surface area contributed by atoms with E-state index >= 15 is 0 Å². The number of hydrogen-bond donors (Lipinski definition) is 1. The molecule has 0 unspecified atom stereocenters. The van der Waals surface area contributed by atoms with Crippen molar-refractivity contribution in [1.82, 2.24) is 0 Å². The highest BCUT2D eigenvalue weighted by Crippen LogP contribution is 2.26. The molecule has 0 saturated heterocycles. The Bertz CT molecular complexity index is 1080. The molecule has 0 fully saturated rings. The molecule has 2 aromatic carbocycles. The second-order valence-corrected chi connectivity index (χ2v) is 7.31. The van der Waals surface area contributed by atoms with Crippen molar-refractivity contribution in [3.63, 3.8) is 0 Å². The van der Waals surface area contributed by atoms with E-state index in [1.807, 2.05) is 30.3 Å². The number of pyridine rings is 1. The molecule has 4 rings (SSSR count). The Morgan fingerprint density at radius 2 is 1.84 bits per heavy atom. The maximum Gasteiger partial charge on any atom is 0.268 e. The van der Waals surface area contributed by atoms with E-state index in [-0.39, 0.29) is 5.91 Å². The van der Waals surface area contributed by atoms with E-state index in [1.165, 1.54) is 22.5 Å². The molecule has 2 N–H and O–H groups in total. The summed E-state index contributed by atoms with van der Waals surface area (Å²) in [6, 6.07) is 18.4.